The zero-order chi connectivity index (χ0) is 14.8. The lowest BCUT2D eigenvalue weighted by Crippen LogP contribution is -2.55. The summed E-state index contributed by atoms with van der Waals surface area (Å²) in [6.45, 7) is 13.6. The fourth-order valence-corrected chi connectivity index (χ4v) is 3.69. The molecule has 0 aromatic rings. The third kappa shape index (κ3) is 5.01. The molecule has 1 rings (SSSR count). The van der Waals surface area contributed by atoms with Crippen LogP contribution in [0.5, 0.6) is 0 Å². The highest BCUT2D eigenvalue weighted by Crippen LogP contribution is 2.32. The first-order valence-corrected chi connectivity index (χ1v) is 8.89. The van der Waals surface area contributed by atoms with Gasteiger partial charge in [0, 0.05) is 25.2 Å². The van der Waals surface area contributed by atoms with Crippen LogP contribution in [-0.4, -0.2) is 54.6 Å². The monoisotopic (exact) mass is 283 g/mol. The predicted octanol–water partition coefficient (Wildman–Crippen LogP) is 3.09. The van der Waals surface area contributed by atoms with Gasteiger partial charge in [0.1, 0.15) is 0 Å². The molecule has 0 amide bonds. The molecular weight excluding hydrogens is 246 g/mol. The van der Waals surface area contributed by atoms with Gasteiger partial charge in [-0.2, -0.15) is 0 Å². The zero-order valence-electron chi connectivity index (χ0n) is 14.2. The van der Waals surface area contributed by atoms with Crippen molar-refractivity contribution < 1.29 is 0 Å². The molecule has 0 radical (unpaired) electrons. The van der Waals surface area contributed by atoms with E-state index in [-0.39, 0.29) is 0 Å². The highest BCUT2D eigenvalue weighted by Gasteiger charge is 2.35. The summed E-state index contributed by atoms with van der Waals surface area (Å²) in [6, 6.07) is 0. The first kappa shape index (κ1) is 17.9. The minimum Gasteiger partial charge on any atom is -0.329 e. The van der Waals surface area contributed by atoms with Gasteiger partial charge in [0.25, 0.3) is 0 Å². The third-order valence-corrected chi connectivity index (χ3v) is 5.16. The molecule has 1 fully saturated rings. The average Bonchev–Trinajstić information content (AvgIpc) is 2.73. The van der Waals surface area contributed by atoms with Crippen molar-refractivity contribution in [2.75, 3.05) is 39.3 Å². The molecule has 0 aromatic heterocycles. The lowest BCUT2D eigenvalue weighted by Gasteiger charge is -2.44. The fraction of sp³-hybridized carbons (Fsp3) is 1.00. The van der Waals surface area contributed by atoms with Crippen LogP contribution in [0, 0.1) is 0 Å². The lowest BCUT2D eigenvalue weighted by atomic mass is 9.87. The highest BCUT2D eigenvalue weighted by molar-refractivity contribution is 4.93. The molecule has 2 N–H and O–H groups in total. The molecule has 0 heterocycles. The molecule has 0 aliphatic heterocycles. The molecule has 0 spiro atoms. The molecule has 0 aromatic carbocycles. The Morgan fingerprint density at radius 3 is 1.90 bits per heavy atom. The largest absolute Gasteiger partial charge is 0.329 e. The van der Waals surface area contributed by atoms with Crippen molar-refractivity contribution in [1.29, 1.82) is 0 Å². The molecule has 0 unspecified atom stereocenters. The number of hydrogen-bond donors (Lipinski definition) is 1. The van der Waals surface area contributed by atoms with E-state index in [0.717, 1.165) is 19.6 Å². The van der Waals surface area contributed by atoms with Crippen molar-refractivity contribution in [3.05, 3.63) is 0 Å². The zero-order valence-corrected chi connectivity index (χ0v) is 14.2. The summed E-state index contributed by atoms with van der Waals surface area (Å²) >= 11 is 0. The summed E-state index contributed by atoms with van der Waals surface area (Å²) in [5.74, 6) is 0. The molecule has 1 saturated carbocycles. The minimum absolute atomic E-state index is 0.291. The number of likely N-dealkylation sites (N-methyl/N-ethyl adjacent to an activating group) is 1. The lowest BCUT2D eigenvalue weighted by molar-refractivity contribution is 0.0665. The van der Waals surface area contributed by atoms with Gasteiger partial charge in [-0.1, -0.05) is 46.5 Å². The number of rotatable bonds is 9. The Balaban J connectivity index is 2.69. The van der Waals surface area contributed by atoms with Gasteiger partial charge in [-0.25, -0.2) is 0 Å². The normalized spacial score (nSPS) is 19.5. The Bertz CT molecular complexity index is 230. The van der Waals surface area contributed by atoms with E-state index in [1.54, 1.807) is 0 Å². The molecule has 0 atom stereocenters. The maximum Gasteiger partial charge on any atom is 0.0332 e. The Morgan fingerprint density at radius 1 is 0.850 bits per heavy atom. The van der Waals surface area contributed by atoms with Gasteiger partial charge in [0.15, 0.2) is 0 Å². The quantitative estimate of drug-likeness (QED) is 0.660. The maximum atomic E-state index is 6.25. The van der Waals surface area contributed by atoms with Crippen LogP contribution in [-0.2, 0) is 0 Å². The molecule has 20 heavy (non-hydrogen) atoms. The molecular formula is C17H37N3. The third-order valence-electron chi connectivity index (χ3n) is 5.16. The van der Waals surface area contributed by atoms with E-state index in [1.807, 2.05) is 0 Å². The topological polar surface area (TPSA) is 32.5 Å². The molecule has 3 heteroatoms. The average molecular weight is 284 g/mol. The summed E-state index contributed by atoms with van der Waals surface area (Å²) < 4.78 is 0. The van der Waals surface area contributed by atoms with Gasteiger partial charge in [-0.15, -0.1) is 0 Å². The summed E-state index contributed by atoms with van der Waals surface area (Å²) in [5.41, 5.74) is 6.55. The van der Waals surface area contributed by atoms with Crippen LogP contribution in [0.4, 0.5) is 0 Å². The summed E-state index contributed by atoms with van der Waals surface area (Å²) in [6.07, 6.45) is 9.38. The summed E-state index contributed by atoms with van der Waals surface area (Å²) in [5, 5.41) is 0. The number of nitrogens with two attached hydrogens (primary N) is 1. The van der Waals surface area contributed by atoms with Gasteiger partial charge in [-0.3, -0.25) is 4.90 Å². The number of nitrogens with zero attached hydrogens (tertiary/aromatic N) is 2. The van der Waals surface area contributed by atoms with Crippen molar-refractivity contribution in [3.63, 3.8) is 0 Å². The molecule has 3 nitrogen and oxygen atoms in total. The molecule has 1 aliphatic carbocycles. The smallest absolute Gasteiger partial charge is 0.0332 e. The van der Waals surface area contributed by atoms with Crippen LogP contribution in [0.1, 0.15) is 65.7 Å². The summed E-state index contributed by atoms with van der Waals surface area (Å²) in [4.78, 5) is 5.26. The van der Waals surface area contributed by atoms with Crippen LogP contribution < -0.4 is 5.73 Å². The van der Waals surface area contributed by atoms with Crippen molar-refractivity contribution in [1.82, 2.24) is 9.80 Å². The van der Waals surface area contributed by atoms with E-state index in [2.05, 4.69) is 30.6 Å². The van der Waals surface area contributed by atoms with E-state index < -0.39 is 0 Å². The van der Waals surface area contributed by atoms with Crippen LogP contribution in [0.15, 0.2) is 0 Å². The van der Waals surface area contributed by atoms with Crippen molar-refractivity contribution in [2.45, 2.75) is 71.3 Å². The van der Waals surface area contributed by atoms with Gasteiger partial charge in [0.2, 0.25) is 0 Å². The molecule has 0 bridgehead atoms. The van der Waals surface area contributed by atoms with Crippen LogP contribution >= 0.6 is 0 Å². The van der Waals surface area contributed by atoms with Gasteiger partial charge in [-0.05, 0) is 38.9 Å². The Kier molecular flexibility index (Phi) is 8.74. The standard InChI is InChI=1S/C17H37N3/c1-4-13-20(15-14-19(5-2)6-3)17(16-18)11-9-7-8-10-12-17/h4-16,18H2,1-3H3. The van der Waals surface area contributed by atoms with Crippen molar-refractivity contribution in [3.8, 4) is 0 Å². The SMILES string of the molecule is CCCN(CCN(CC)CC)C1(CN)CCCCCC1. The molecule has 1 aliphatic rings. The maximum absolute atomic E-state index is 6.25. The fourth-order valence-electron chi connectivity index (χ4n) is 3.69. The second kappa shape index (κ2) is 9.75. The first-order chi connectivity index (χ1) is 9.72. The van der Waals surface area contributed by atoms with Crippen LogP contribution in [0.2, 0.25) is 0 Å². The van der Waals surface area contributed by atoms with Gasteiger partial charge in [0.05, 0.1) is 0 Å². The molecule has 120 valence electrons. The predicted molar refractivity (Wildman–Crippen MR) is 89.1 cm³/mol. The van der Waals surface area contributed by atoms with E-state index in [4.69, 9.17) is 5.73 Å². The Labute approximate surface area is 126 Å². The second-order valence-corrected chi connectivity index (χ2v) is 6.36. The minimum atomic E-state index is 0.291. The van der Waals surface area contributed by atoms with E-state index in [1.165, 1.54) is 64.6 Å². The second-order valence-electron chi connectivity index (χ2n) is 6.36. The highest BCUT2D eigenvalue weighted by atomic mass is 15.2. The van der Waals surface area contributed by atoms with E-state index in [0.29, 0.717) is 5.54 Å². The van der Waals surface area contributed by atoms with Crippen molar-refractivity contribution >= 4 is 0 Å². The van der Waals surface area contributed by atoms with Crippen LogP contribution in [0.3, 0.4) is 0 Å². The summed E-state index contributed by atoms with van der Waals surface area (Å²) in [7, 11) is 0. The van der Waals surface area contributed by atoms with Crippen LogP contribution in [0.25, 0.3) is 0 Å². The van der Waals surface area contributed by atoms with E-state index >= 15 is 0 Å². The molecule has 0 saturated heterocycles. The first-order valence-electron chi connectivity index (χ1n) is 8.89. The Morgan fingerprint density at radius 2 is 1.45 bits per heavy atom. The Hall–Kier alpha value is -0.120. The van der Waals surface area contributed by atoms with E-state index in [9.17, 15) is 0 Å². The van der Waals surface area contributed by atoms with Gasteiger partial charge >= 0.3 is 0 Å². The van der Waals surface area contributed by atoms with Crippen molar-refractivity contribution in [2.24, 2.45) is 5.73 Å². The number of hydrogen-bond acceptors (Lipinski definition) is 3. The van der Waals surface area contributed by atoms with Gasteiger partial charge < -0.3 is 10.6 Å².